The predicted molar refractivity (Wildman–Crippen MR) is 70.7 cm³/mol. The number of amides is 1. The fourth-order valence-electron chi connectivity index (χ4n) is 2.59. The number of carbonyl (C=O) groups is 1. The molecule has 2 aliphatic heterocycles. The molecule has 1 spiro atoms. The second-order valence-electron chi connectivity index (χ2n) is 5.10. The highest BCUT2D eigenvalue weighted by molar-refractivity contribution is 8.01. The van der Waals surface area contributed by atoms with Gasteiger partial charge < -0.3 is 9.64 Å². The molecule has 0 N–H and O–H groups in total. The Balaban J connectivity index is 1.59. The van der Waals surface area contributed by atoms with Crippen molar-refractivity contribution >= 4 is 17.7 Å². The average Bonchev–Trinajstić information content (AvgIpc) is 2.74. The van der Waals surface area contributed by atoms with Gasteiger partial charge in [-0.2, -0.15) is 0 Å². The van der Waals surface area contributed by atoms with E-state index >= 15 is 0 Å². The van der Waals surface area contributed by atoms with Crippen molar-refractivity contribution in [3.63, 3.8) is 0 Å². The summed E-state index contributed by atoms with van der Waals surface area (Å²) in [4.78, 5) is 16.9. The molecule has 0 bridgehead atoms. The maximum absolute atomic E-state index is 13.5. The van der Waals surface area contributed by atoms with Gasteiger partial charge in [-0.3, -0.25) is 4.79 Å². The smallest absolute Gasteiger partial charge is 0.250 e. The van der Waals surface area contributed by atoms with Crippen LogP contribution in [0.25, 0.3) is 0 Å². The number of likely N-dealkylation sites (tertiary alicyclic amines) is 1. The van der Waals surface area contributed by atoms with E-state index in [9.17, 15) is 9.18 Å². The molecule has 102 valence electrons. The second kappa shape index (κ2) is 4.67. The number of hydrogen-bond donors (Lipinski definition) is 0. The predicted octanol–water partition coefficient (Wildman–Crippen LogP) is 1.71. The van der Waals surface area contributed by atoms with Crippen LogP contribution in [-0.4, -0.2) is 45.5 Å². The highest BCUT2D eigenvalue weighted by Crippen LogP contribution is 2.46. The zero-order valence-electron chi connectivity index (χ0n) is 10.6. The third-order valence-electron chi connectivity index (χ3n) is 3.58. The molecule has 3 heterocycles. The highest BCUT2D eigenvalue weighted by atomic mass is 32.2. The number of thioether (sulfide) groups is 1. The lowest BCUT2D eigenvalue weighted by Gasteiger charge is -2.47. The van der Waals surface area contributed by atoms with Gasteiger partial charge >= 0.3 is 0 Å². The Bertz CT molecular complexity index is 505. The van der Waals surface area contributed by atoms with Crippen molar-refractivity contribution in [1.82, 2.24) is 9.88 Å². The lowest BCUT2D eigenvalue weighted by molar-refractivity contribution is -0.134. The van der Waals surface area contributed by atoms with E-state index in [4.69, 9.17) is 4.74 Å². The fourth-order valence-corrected chi connectivity index (χ4v) is 4.11. The number of carbonyl (C=O) groups excluding carboxylic acids is 1. The third-order valence-corrected chi connectivity index (χ3v) is 5.16. The molecule has 19 heavy (non-hydrogen) atoms. The molecule has 4 nitrogen and oxygen atoms in total. The molecule has 1 atom stereocenters. The molecule has 2 fully saturated rings. The summed E-state index contributed by atoms with van der Waals surface area (Å²) < 4.78 is 19.2. The normalized spacial score (nSPS) is 24.3. The molecule has 3 rings (SSSR count). The summed E-state index contributed by atoms with van der Waals surface area (Å²) in [6, 6.07) is 2.89. The molecule has 6 heteroatoms. The maximum Gasteiger partial charge on any atom is 0.250 e. The van der Waals surface area contributed by atoms with Crippen LogP contribution >= 0.6 is 11.8 Å². The van der Waals surface area contributed by atoms with Crippen molar-refractivity contribution in [3.8, 4) is 5.88 Å². The lowest BCUT2D eigenvalue weighted by atomic mass is 9.93. The Morgan fingerprint density at radius 2 is 2.42 bits per heavy atom. The summed E-state index contributed by atoms with van der Waals surface area (Å²) in [5.41, 5.74) is 0. The van der Waals surface area contributed by atoms with Crippen LogP contribution in [0.15, 0.2) is 18.3 Å². The zero-order valence-corrected chi connectivity index (χ0v) is 11.5. The van der Waals surface area contributed by atoms with Crippen LogP contribution in [0.1, 0.15) is 13.3 Å². The molecular formula is C13H15FN2O2S. The number of hydrogen-bond acceptors (Lipinski definition) is 4. The van der Waals surface area contributed by atoms with E-state index in [-0.39, 0.29) is 22.6 Å². The van der Waals surface area contributed by atoms with Gasteiger partial charge in [0.1, 0.15) is 6.10 Å². The van der Waals surface area contributed by atoms with Crippen LogP contribution in [-0.2, 0) is 4.79 Å². The molecule has 0 aromatic carbocycles. The van der Waals surface area contributed by atoms with Crippen LogP contribution in [0.3, 0.4) is 0 Å². The Morgan fingerprint density at radius 1 is 1.63 bits per heavy atom. The van der Waals surface area contributed by atoms with Crippen molar-refractivity contribution < 1.29 is 13.9 Å². The Morgan fingerprint density at radius 3 is 3.11 bits per heavy atom. The Kier molecular flexibility index (Phi) is 3.12. The molecule has 1 amide bonds. The van der Waals surface area contributed by atoms with E-state index in [0.717, 1.165) is 25.3 Å². The number of nitrogens with zero attached hydrogens (tertiary/aromatic N) is 2. The summed E-state index contributed by atoms with van der Waals surface area (Å²) in [5, 5.41) is 0. The van der Waals surface area contributed by atoms with E-state index in [2.05, 4.69) is 4.98 Å². The van der Waals surface area contributed by atoms with Gasteiger partial charge in [0.05, 0.1) is 4.75 Å². The minimum atomic E-state index is -0.424. The SMILES string of the molecule is CC(=O)N1CC2(C[C@@H](Oc3ncccc3F)CS2)C1. The zero-order chi connectivity index (χ0) is 13.5. The summed E-state index contributed by atoms with van der Waals surface area (Å²) >= 11 is 1.82. The average molecular weight is 282 g/mol. The maximum atomic E-state index is 13.5. The van der Waals surface area contributed by atoms with E-state index < -0.39 is 5.82 Å². The Hall–Kier alpha value is -1.30. The number of pyridine rings is 1. The lowest BCUT2D eigenvalue weighted by Crippen LogP contribution is -2.60. The van der Waals surface area contributed by atoms with Gasteiger partial charge in [0, 0.05) is 38.4 Å². The number of halogens is 1. The third kappa shape index (κ3) is 2.41. The number of aromatic nitrogens is 1. The van der Waals surface area contributed by atoms with Crippen molar-refractivity contribution in [2.75, 3.05) is 18.8 Å². The minimum Gasteiger partial charge on any atom is -0.471 e. The standard InChI is InChI=1S/C13H15FN2O2S/c1-9(17)16-7-13(8-16)5-10(6-19-13)18-12-11(14)3-2-4-15-12/h2-4,10H,5-8H2,1H3/t10-/m1/s1. The van der Waals surface area contributed by atoms with Gasteiger partial charge in [-0.25, -0.2) is 9.37 Å². The molecule has 1 aromatic heterocycles. The summed E-state index contributed by atoms with van der Waals surface area (Å²) in [7, 11) is 0. The molecule has 1 aromatic rings. The number of ether oxygens (including phenoxy) is 1. The van der Waals surface area contributed by atoms with Crippen molar-refractivity contribution in [3.05, 3.63) is 24.1 Å². The first-order valence-corrected chi connectivity index (χ1v) is 7.23. The van der Waals surface area contributed by atoms with Gasteiger partial charge in [0.2, 0.25) is 5.91 Å². The topological polar surface area (TPSA) is 42.4 Å². The Labute approximate surface area is 115 Å². The molecular weight excluding hydrogens is 267 g/mol. The van der Waals surface area contributed by atoms with E-state index in [0.29, 0.717) is 0 Å². The molecule has 0 radical (unpaired) electrons. The van der Waals surface area contributed by atoms with Crippen LogP contribution < -0.4 is 4.74 Å². The van der Waals surface area contributed by atoms with E-state index in [1.54, 1.807) is 13.0 Å². The van der Waals surface area contributed by atoms with Crippen molar-refractivity contribution in [1.29, 1.82) is 0 Å². The largest absolute Gasteiger partial charge is 0.471 e. The molecule has 0 aliphatic carbocycles. The van der Waals surface area contributed by atoms with Gasteiger partial charge in [-0.1, -0.05) is 0 Å². The first kappa shape index (κ1) is 12.7. The van der Waals surface area contributed by atoms with E-state index in [1.807, 2.05) is 16.7 Å². The van der Waals surface area contributed by atoms with E-state index in [1.165, 1.54) is 12.3 Å². The summed E-state index contributed by atoms with van der Waals surface area (Å²) in [6.07, 6.45) is 2.35. The van der Waals surface area contributed by atoms with Gasteiger partial charge in [-0.05, 0) is 12.1 Å². The molecule has 2 saturated heterocycles. The second-order valence-corrected chi connectivity index (χ2v) is 6.59. The van der Waals surface area contributed by atoms with Gasteiger partial charge in [0.25, 0.3) is 5.88 Å². The van der Waals surface area contributed by atoms with Crippen LogP contribution in [0, 0.1) is 5.82 Å². The van der Waals surface area contributed by atoms with Crippen molar-refractivity contribution in [2.24, 2.45) is 0 Å². The highest BCUT2D eigenvalue weighted by Gasteiger charge is 2.50. The molecule has 2 aliphatic rings. The van der Waals surface area contributed by atoms with Crippen LogP contribution in [0.2, 0.25) is 0 Å². The molecule has 0 saturated carbocycles. The number of rotatable bonds is 2. The quantitative estimate of drug-likeness (QED) is 0.828. The van der Waals surface area contributed by atoms with Crippen LogP contribution in [0.4, 0.5) is 4.39 Å². The first-order chi connectivity index (χ1) is 9.08. The minimum absolute atomic E-state index is 0.0245. The van der Waals surface area contributed by atoms with Crippen LogP contribution in [0.5, 0.6) is 5.88 Å². The molecule has 0 unspecified atom stereocenters. The summed E-state index contributed by atoms with van der Waals surface area (Å²) in [6.45, 7) is 3.14. The monoisotopic (exact) mass is 282 g/mol. The van der Waals surface area contributed by atoms with Gasteiger partial charge in [-0.15, -0.1) is 11.8 Å². The van der Waals surface area contributed by atoms with Crippen molar-refractivity contribution in [2.45, 2.75) is 24.2 Å². The summed E-state index contributed by atoms with van der Waals surface area (Å²) in [5.74, 6) is 0.591. The first-order valence-electron chi connectivity index (χ1n) is 6.25. The fraction of sp³-hybridized carbons (Fsp3) is 0.538. The van der Waals surface area contributed by atoms with Gasteiger partial charge in [0.15, 0.2) is 5.82 Å².